The number of piperazine rings is 1. The molecule has 0 bridgehead atoms. The number of rotatable bonds is 4. The third-order valence-corrected chi connectivity index (χ3v) is 4.36. The maximum absolute atomic E-state index is 9.16. The van der Waals surface area contributed by atoms with Crippen LogP contribution in [0.15, 0.2) is 34.1 Å². The topological polar surface area (TPSA) is 48.6 Å². The van der Waals surface area contributed by atoms with Crippen LogP contribution in [-0.2, 0) is 6.61 Å². The number of nitrogens with one attached hydrogen (secondary N) is 1. The third-order valence-electron chi connectivity index (χ3n) is 3.44. The van der Waals surface area contributed by atoms with Gasteiger partial charge in [-0.25, -0.2) is 0 Å². The van der Waals surface area contributed by atoms with Crippen molar-refractivity contribution in [2.24, 2.45) is 0 Å². The molecule has 1 fully saturated rings. The predicted octanol–water partition coefficient (Wildman–Crippen LogP) is 2.67. The van der Waals surface area contributed by atoms with E-state index in [-0.39, 0.29) is 37.5 Å². The van der Waals surface area contributed by atoms with Gasteiger partial charge in [0.2, 0.25) is 0 Å². The lowest BCUT2D eigenvalue weighted by atomic mass is 10.1. The molecule has 1 aliphatic heterocycles. The molecule has 0 amide bonds. The van der Waals surface area contributed by atoms with E-state index in [1.54, 1.807) is 11.3 Å². The van der Waals surface area contributed by atoms with E-state index in [4.69, 9.17) is 9.52 Å². The van der Waals surface area contributed by atoms with Crippen LogP contribution >= 0.6 is 36.2 Å². The number of furan rings is 1. The summed E-state index contributed by atoms with van der Waals surface area (Å²) in [5.74, 6) is 1.56. The van der Waals surface area contributed by atoms with Crippen LogP contribution in [0.5, 0.6) is 0 Å². The summed E-state index contributed by atoms with van der Waals surface area (Å²) in [6.45, 7) is 4.00. The van der Waals surface area contributed by atoms with Crippen LogP contribution < -0.4 is 5.32 Å². The Hall–Kier alpha value is -0.560. The van der Waals surface area contributed by atoms with Crippen molar-refractivity contribution >= 4 is 36.2 Å². The van der Waals surface area contributed by atoms with E-state index in [0.717, 1.165) is 31.9 Å². The Labute approximate surface area is 141 Å². The highest BCUT2D eigenvalue weighted by molar-refractivity contribution is 7.10. The molecule has 2 N–H and O–H groups in total. The minimum Gasteiger partial charge on any atom is -0.462 e. The molecule has 3 heterocycles. The van der Waals surface area contributed by atoms with Crippen molar-refractivity contribution in [1.29, 1.82) is 0 Å². The number of halogens is 2. The minimum absolute atomic E-state index is 0. The Morgan fingerprint density at radius 3 is 2.57 bits per heavy atom. The second kappa shape index (κ2) is 8.78. The standard InChI is InChI=1S/C14H18N2O2S.2ClH/c17-10-11-3-4-12(18-11)14(13-2-1-9-19-13)16-7-5-15-6-8-16;;/h1-4,9,14-15,17H,5-8,10H2;2*1H/t14-;;/m0../s1. The summed E-state index contributed by atoms with van der Waals surface area (Å²) in [6, 6.07) is 8.24. The minimum atomic E-state index is -0.0429. The second-order valence-electron chi connectivity index (χ2n) is 4.67. The molecular formula is C14H20Cl2N2O2S. The van der Waals surface area contributed by atoms with Crippen molar-refractivity contribution in [2.45, 2.75) is 12.6 Å². The van der Waals surface area contributed by atoms with E-state index in [9.17, 15) is 0 Å². The summed E-state index contributed by atoms with van der Waals surface area (Å²) < 4.78 is 5.77. The van der Waals surface area contributed by atoms with Crippen LogP contribution in [0.3, 0.4) is 0 Å². The fourth-order valence-corrected chi connectivity index (χ4v) is 3.38. The number of nitrogens with zero attached hydrogens (tertiary/aromatic N) is 1. The van der Waals surface area contributed by atoms with Gasteiger partial charge in [0.05, 0.1) is 0 Å². The molecular weight excluding hydrogens is 331 g/mol. The van der Waals surface area contributed by atoms with Gasteiger partial charge in [0.25, 0.3) is 0 Å². The molecule has 1 aliphatic rings. The second-order valence-corrected chi connectivity index (χ2v) is 5.65. The van der Waals surface area contributed by atoms with Crippen LogP contribution in [0, 0.1) is 0 Å². The molecule has 0 aliphatic carbocycles. The molecule has 0 unspecified atom stereocenters. The van der Waals surface area contributed by atoms with Crippen molar-refractivity contribution in [2.75, 3.05) is 26.2 Å². The Kier molecular flexibility index (Phi) is 7.73. The Balaban J connectivity index is 0.00000110. The highest BCUT2D eigenvalue weighted by Crippen LogP contribution is 2.33. The van der Waals surface area contributed by atoms with Crippen LogP contribution in [0.25, 0.3) is 0 Å². The van der Waals surface area contributed by atoms with Crippen LogP contribution in [-0.4, -0.2) is 36.2 Å². The van der Waals surface area contributed by atoms with Gasteiger partial charge in [-0.15, -0.1) is 36.2 Å². The highest BCUT2D eigenvalue weighted by atomic mass is 35.5. The van der Waals surface area contributed by atoms with Crippen molar-refractivity contribution in [3.8, 4) is 0 Å². The first-order valence-electron chi connectivity index (χ1n) is 6.56. The smallest absolute Gasteiger partial charge is 0.129 e. The molecule has 21 heavy (non-hydrogen) atoms. The van der Waals surface area contributed by atoms with Crippen LogP contribution in [0.4, 0.5) is 0 Å². The number of hydrogen-bond donors (Lipinski definition) is 2. The van der Waals surface area contributed by atoms with Gasteiger partial charge >= 0.3 is 0 Å². The molecule has 0 saturated carbocycles. The Morgan fingerprint density at radius 2 is 2.00 bits per heavy atom. The predicted molar refractivity (Wildman–Crippen MR) is 89.7 cm³/mol. The maximum Gasteiger partial charge on any atom is 0.129 e. The van der Waals surface area contributed by atoms with Gasteiger partial charge in [-0.3, -0.25) is 4.90 Å². The molecule has 2 aromatic heterocycles. The molecule has 0 aromatic carbocycles. The lowest BCUT2D eigenvalue weighted by Gasteiger charge is -2.33. The van der Waals surface area contributed by atoms with Crippen molar-refractivity contribution < 1.29 is 9.52 Å². The number of thiophene rings is 1. The van der Waals surface area contributed by atoms with Crippen molar-refractivity contribution in [3.05, 3.63) is 46.0 Å². The van der Waals surface area contributed by atoms with E-state index in [0.29, 0.717) is 5.76 Å². The first-order valence-corrected chi connectivity index (χ1v) is 7.44. The summed E-state index contributed by atoms with van der Waals surface area (Å²) in [6.07, 6.45) is 0. The molecule has 0 radical (unpaired) electrons. The van der Waals surface area contributed by atoms with Crippen molar-refractivity contribution in [1.82, 2.24) is 10.2 Å². The summed E-state index contributed by atoms with van der Waals surface area (Å²) in [5.41, 5.74) is 0. The number of hydrogen-bond acceptors (Lipinski definition) is 5. The molecule has 1 saturated heterocycles. The zero-order valence-corrected chi connectivity index (χ0v) is 14.0. The first kappa shape index (κ1) is 18.5. The molecule has 7 heteroatoms. The zero-order valence-electron chi connectivity index (χ0n) is 11.5. The van der Waals surface area contributed by atoms with E-state index >= 15 is 0 Å². The van der Waals surface area contributed by atoms with E-state index in [1.165, 1.54) is 4.88 Å². The third kappa shape index (κ3) is 4.22. The number of aliphatic hydroxyl groups is 1. The molecule has 4 nitrogen and oxygen atoms in total. The normalized spacial score (nSPS) is 16.8. The summed E-state index contributed by atoms with van der Waals surface area (Å²) in [7, 11) is 0. The Morgan fingerprint density at radius 1 is 1.24 bits per heavy atom. The fraction of sp³-hybridized carbons (Fsp3) is 0.429. The van der Waals surface area contributed by atoms with Gasteiger partial charge in [-0.1, -0.05) is 6.07 Å². The molecule has 1 atom stereocenters. The maximum atomic E-state index is 9.16. The SMILES string of the molecule is Cl.Cl.OCc1ccc([C@@H](c2cccs2)N2CCNCC2)o1. The summed E-state index contributed by atoms with van der Waals surface area (Å²) in [5, 5.41) is 14.6. The van der Waals surface area contributed by atoms with E-state index < -0.39 is 0 Å². The van der Waals surface area contributed by atoms with Crippen LogP contribution in [0.1, 0.15) is 22.4 Å². The monoisotopic (exact) mass is 350 g/mol. The molecule has 118 valence electrons. The molecule has 3 rings (SSSR count). The fourth-order valence-electron chi connectivity index (χ4n) is 2.51. The van der Waals surface area contributed by atoms with E-state index in [1.807, 2.05) is 12.1 Å². The van der Waals surface area contributed by atoms with Gasteiger partial charge in [-0.2, -0.15) is 0 Å². The lowest BCUT2D eigenvalue weighted by molar-refractivity contribution is 0.174. The van der Waals surface area contributed by atoms with Crippen LogP contribution in [0.2, 0.25) is 0 Å². The van der Waals surface area contributed by atoms with Gasteiger partial charge < -0.3 is 14.8 Å². The average molecular weight is 351 g/mol. The Bertz CT molecular complexity index is 513. The largest absolute Gasteiger partial charge is 0.462 e. The quantitative estimate of drug-likeness (QED) is 0.889. The van der Waals surface area contributed by atoms with Gasteiger partial charge in [0.15, 0.2) is 0 Å². The average Bonchev–Trinajstić information content (AvgIpc) is 3.12. The van der Waals surface area contributed by atoms with E-state index in [2.05, 4.69) is 27.7 Å². The summed E-state index contributed by atoms with van der Waals surface area (Å²) >= 11 is 1.75. The summed E-state index contributed by atoms with van der Waals surface area (Å²) in [4.78, 5) is 3.73. The number of aliphatic hydroxyl groups excluding tert-OH is 1. The van der Waals surface area contributed by atoms with Gasteiger partial charge in [0, 0.05) is 31.1 Å². The zero-order chi connectivity index (χ0) is 13.1. The van der Waals surface area contributed by atoms with Gasteiger partial charge in [0.1, 0.15) is 24.2 Å². The van der Waals surface area contributed by atoms with Crippen molar-refractivity contribution in [3.63, 3.8) is 0 Å². The molecule has 2 aromatic rings. The first-order chi connectivity index (χ1) is 9.38. The lowest BCUT2D eigenvalue weighted by Crippen LogP contribution is -2.45. The highest BCUT2D eigenvalue weighted by Gasteiger charge is 2.27. The molecule has 0 spiro atoms. The van der Waals surface area contributed by atoms with Gasteiger partial charge in [-0.05, 0) is 23.6 Å².